The number of methoxy groups -OCH3 is 1. The molecule has 0 aliphatic heterocycles. The van der Waals surface area contributed by atoms with E-state index in [2.05, 4.69) is 25.6 Å². The summed E-state index contributed by atoms with van der Waals surface area (Å²) in [5.41, 5.74) is 0.679. The lowest BCUT2D eigenvalue weighted by atomic mass is 10.1. The lowest BCUT2D eigenvalue weighted by Crippen LogP contribution is -2.24. The maximum atomic E-state index is 12.8. The van der Waals surface area contributed by atoms with Gasteiger partial charge in [-0.2, -0.15) is 4.98 Å². The number of fused-ring (bicyclic) bond motifs is 1. The number of H-pyrrole nitrogens is 1. The molecule has 2 aromatic carbocycles. The van der Waals surface area contributed by atoms with Gasteiger partial charge in [0, 0.05) is 28.7 Å². The van der Waals surface area contributed by atoms with Crippen LogP contribution >= 0.6 is 23.2 Å². The van der Waals surface area contributed by atoms with Crippen molar-refractivity contribution < 1.29 is 14.3 Å². The number of anilines is 1. The van der Waals surface area contributed by atoms with Gasteiger partial charge in [-0.1, -0.05) is 35.3 Å². The largest absolute Gasteiger partial charge is 0.467 e. The average molecular weight is 498 g/mol. The topological polar surface area (TPSA) is 126 Å². The lowest BCUT2D eigenvalue weighted by Gasteiger charge is -2.11. The number of carbonyl (C=O) groups excluding carboxylic acids is 2. The minimum atomic E-state index is -0.711. The van der Waals surface area contributed by atoms with Gasteiger partial charge in [-0.05, 0) is 42.0 Å². The second-order valence-electron chi connectivity index (χ2n) is 7.13. The highest BCUT2D eigenvalue weighted by atomic mass is 35.5. The highest BCUT2D eigenvalue weighted by Gasteiger charge is 2.16. The van der Waals surface area contributed by atoms with Gasteiger partial charge >= 0.3 is 6.01 Å². The van der Waals surface area contributed by atoms with E-state index in [9.17, 15) is 14.4 Å². The van der Waals surface area contributed by atoms with Crippen molar-refractivity contribution in [1.29, 1.82) is 0 Å². The van der Waals surface area contributed by atoms with Gasteiger partial charge in [-0.3, -0.25) is 14.4 Å². The Morgan fingerprint density at radius 2 is 1.91 bits per heavy atom. The maximum absolute atomic E-state index is 12.8. The minimum Gasteiger partial charge on any atom is -0.467 e. The molecule has 0 saturated heterocycles. The van der Waals surface area contributed by atoms with Crippen molar-refractivity contribution in [3.63, 3.8) is 0 Å². The summed E-state index contributed by atoms with van der Waals surface area (Å²) in [4.78, 5) is 48.4. The van der Waals surface area contributed by atoms with Crippen molar-refractivity contribution in [3.05, 3.63) is 91.8 Å². The van der Waals surface area contributed by atoms with Crippen LogP contribution in [0.1, 0.15) is 26.3 Å². The highest BCUT2D eigenvalue weighted by molar-refractivity contribution is 6.34. The Balaban J connectivity index is 1.53. The molecule has 0 bridgehead atoms. The number of nitrogens with one attached hydrogen (secondary N) is 3. The first-order valence-corrected chi connectivity index (χ1v) is 10.7. The maximum Gasteiger partial charge on any atom is 0.318 e. The monoisotopic (exact) mass is 497 g/mol. The fourth-order valence-corrected chi connectivity index (χ4v) is 3.50. The summed E-state index contributed by atoms with van der Waals surface area (Å²) < 4.78 is 4.93. The molecule has 0 aliphatic rings. The first-order valence-electron chi connectivity index (χ1n) is 9.91. The summed E-state index contributed by atoms with van der Waals surface area (Å²) in [6, 6.07) is 13.0. The van der Waals surface area contributed by atoms with Gasteiger partial charge in [0.2, 0.25) is 0 Å². The van der Waals surface area contributed by atoms with Crippen LogP contribution in [-0.2, 0) is 6.54 Å². The molecule has 34 heavy (non-hydrogen) atoms. The van der Waals surface area contributed by atoms with E-state index in [1.54, 1.807) is 18.2 Å². The van der Waals surface area contributed by atoms with Crippen LogP contribution in [0.5, 0.6) is 6.01 Å². The smallest absolute Gasteiger partial charge is 0.318 e. The van der Waals surface area contributed by atoms with Crippen LogP contribution in [0.25, 0.3) is 11.0 Å². The quantitative estimate of drug-likeness (QED) is 0.371. The number of aromatic amines is 1. The third kappa shape index (κ3) is 5.16. The Morgan fingerprint density at radius 3 is 2.68 bits per heavy atom. The molecule has 4 aromatic rings. The van der Waals surface area contributed by atoms with Gasteiger partial charge in [0.1, 0.15) is 11.2 Å². The summed E-state index contributed by atoms with van der Waals surface area (Å²) in [6.45, 7) is 0.267. The molecule has 0 radical (unpaired) electrons. The summed E-state index contributed by atoms with van der Waals surface area (Å²) >= 11 is 12.2. The van der Waals surface area contributed by atoms with Crippen LogP contribution in [0, 0.1) is 0 Å². The van der Waals surface area contributed by atoms with Crippen LogP contribution in [-0.4, -0.2) is 33.9 Å². The number of carbonyl (C=O) groups is 2. The standard InChI is InChI=1S/C23H17Cl2N5O4/c1-34-23-27-11-14-8-16(22(33)29-19(14)30-23)21(32)28-18-9-13(5-6-17(18)25)20(31)26-10-12-3-2-4-15(24)7-12/h2-9,11H,10H2,1H3,(H,26,31)(H,28,32)(H,27,29,30,33). The Bertz CT molecular complexity index is 1470. The molecule has 4 rings (SSSR count). The zero-order valence-corrected chi connectivity index (χ0v) is 19.2. The third-order valence-electron chi connectivity index (χ3n) is 4.82. The van der Waals surface area contributed by atoms with E-state index in [-0.39, 0.29) is 45.9 Å². The van der Waals surface area contributed by atoms with Crippen LogP contribution in [0.15, 0.2) is 59.5 Å². The van der Waals surface area contributed by atoms with E-state index >= 15 is 0 Å². The SMILES string of the molecule is COc1ncc2cc(C(=O)Nc3cc(C(=O)NCc4cccc(Cl)c4)ccc3Cl)c(=O)[nH]c2n1. The zero-order valence-electron chi connectivity index (χ0n) is 17.7. The third-order valence-corrected chi connectivity index (χ3v) is 5.38. The average Bonchev–Trinajstić information content (AvgIpc) is 2.83. The number of ether oxygens (including phenoxy) is 1. The van der Waals surface area contributed by atoms with Gasteiger partial charge in [0.15, 0.2) is 0 Å². The van der Waals surface area contributed by atoms with Gasteiger partial charge in [0.25, 0.3) is 17.4 Å². The molecule has 2 aromatic heterocycles. The molecule has 2 heterocycles. The predicted octanol–water partition coefficient (Wildman–Crippen LogP) is 3.82. The molecule has 0 fully saturated rings. The molecule has 2 amide bonds. The number of nitrogens with zero attached hydrogens (tertiary/aromatic N) is 2. The molecule has 0 saturated carbocycles. The van der Waals surface area contributed by atoms with Gasteiger partial charge < -0.3 is 20.4 Å². The number of pyridine rings is 1. The highest BCUT2D eigenvalue weighted by Crippen LogP contribution is 2.24. The molecule has 9 nitrogen and oxygen atoms in total. The second kappa shape index (κ2) is 9.90. The van der Waals surface area contributed by atoms with Crippen molar-refractivity contribution in [2.24, 2.45) is 0 Å². The van der Waals surface area contributed by atoms with Crippen LogP contribution in [0.4, 0.5) is 5.69 Å². The van der Waals surface area contributed by atoms with E-state index in [1.165, 1.54) is 37.6 Å². The Hall–Kier alpha value is -3.95. The van der Waals surface area contributed by atoms with E-state index in [0.29, 0.717) is 10.4 Å². The van der Waals surface area contributed by atoms with Crippen molar-refractivity contribution in [3.8, 4) is 6.01 Å². The Morgan fingerprint density at radius 1 is 1.09 bits per heavy atom. The normalized spacial score (nSPS) is 10.7. The van der Waals surface area contributed by atoms with Crippen molar-refractivity contribution in [2.75, 3.05) is 12.4 Å². The first-order chi connectivity index (χ1) is 16.3. The fraction of sp³-hybridized carbons (Fsp3) is 0.0870. The number of halogens is 2. The molecule has 0 aliphatic carbocycles. The molecule has 3 N–H and O–H groups in total. The fourth-order valence-electron chi connectivity index (χ4n) is 3.13. The molecule has 0 atom stereocenters. The predicted molar refractivity (Wildman–Crippen MR) is 129 cm³/mol. The van der Waals surface area contributed by atoms with E-state index < -0.39 is 11.5 Å². The first kappa shape index (κ1) is 23.2. The summed E-state index contributed by atoms with van der Waals surface area (Å²) in [6.07, 6.45) is 1.42. The number of hydrogen-bond donors (Lipinski definition) is 3. The summed E-state index contributed by atoms with van der Waals surface area (Å²) in [7, 11) is 1.40. The van der Waals surface area contributed by atoms with Gasteiger partial charge in [0.05, 0.1) is 17.8 Å². The lowest BCUT2D eigenvalue weighted by molar-refractivity contribution is 0.0949. The second-order valence-corrected chi connectivity index (χ2v) is 7.98. The van der Waals surface area contributed by atoms with Gasteiger partial charge in [-0.25, -0.2) is 4.98 Å². The van der Waals surface area contributed by atoms with Crippen molar-refractivity contribution in [1.82, 2.24) is 20.3 Å². The Labute approximate surface area is 203 Å². The van der Waals surface area contributed by atoms with E-state index in [1.807, 2.05) is 6.07 Å². The number of hydrogen-bond acceptors (Lipinski definition) is 6. The molecule has 0 spiro atoms. The molecule has 0 unspecified atom stereocenters. The number of amides is 2. The molecule has 172 valence electrons. The molecule has 11 heteroatoms. The van der Waals surface area contributed by atoms with Crippen LogP contribution in [0.2, 0.25) is 10.0 Å². The number of aromatic nitrogens is 3. The number of rotatable bonds is 6. The van der Waals surface area contributed by atoms with Gasteiger partial charge in [-0.15, -0.1) is 0 Å². The van der Waals surface area contributed by atoms with Crippen LogP contribution in [0.3, 0.4) is 0 Å². The van der Waals surface area contributed by atoms with Crippen LogP contribution < -0.4 is 20.9 Å². The molecular weight excluding hydrogens is 481 g/mol. The van der Waals surface area contributed by atoms with E-state index in [0.717, 1.165) is 5.56 Å². The van der Waals surface area contributed by atoms with Crippen molar-refractivity contribution in [2.45, 2.75) is 6.54 Å². The van der Waals surface area contributed by atoms with Crippen molar-refractivity contribution >= 4 is 51.7 Å². The summed E-state index contributed by atoms with van der Waals surface area (Å²) in [5.74, 6) is -1.08. The van der Waals surface area contributed by atoms with E-state index in [4.69, 9.17) is 27.9 Å². The molecular formula is C23H17Cl2N5O4. The Kier molecular flexibility index (Phi) is 6.76. The zero-order chi connectivity index (χ0) is 24.2. The minimum absolute atomic E-state index is 0.0811. The number of benzene rings is 2. The summed E-state index contributed by atoms with van der Waals surface area (Å²) in [5, 5.41) is 6.56.